The van der Waals surface area contributed by atoms with Crippen LogP contribution in [0.1, 0.15) is 53.4 Å². The fraction of sp³-hybridized carbons (Fsp3) is 0.750. The van der Waals surface area contributed by atoms with Crippen LogP contribution in [-0.4, -0.2) is 69.8 Å². The van der Waals surface area contributed by atoms with E-state index in [0.717, 1.165) is 0 Å². The lowest BCUT2D eigenvalue weighted by atomic mass is 9.98. The summed E-state index contributed by atoms with van der Waals surface area (Å²) in [6.45, 7) is 7.26. The van der Waals surface area contributed by atoms with Crippen LogP contribution < -0.4 is 21.7 Å². The van der Waals surface area contributed by atoms with Gasteiger partial charge in [0.15, 0.2) is 0 Å². The van der Waals surface area contributed by atoms with Crippen LogP contribution in [0.15, 0.2) is 0 Å². The second-order valence-corrected chi connectivity index (χ2v) is 8.54. The van der Waals surface area contributed by atoms with E-state index < -0.39 is 60.2 Å². The molecule has 0 saturated carbocycles. The number of thiol groups is 1. The lowest BCUT2D eigenvalue weighted by Gasteiger charge is -2.26. The molecular formula is C20H36N4O7S. The summed E-state index contributed by atoms with van der Waals surface area (Å²) in [7, 11) is 0. The molecule has 184 valence electrons. The Labute approximate surface area is 193 Å². The number of carbonyl (C=O) groups is 5. The predicted octanol–water partition coefficient (Wildman–Crippen LogP) is -0.260. The molecular weight excluding hydrogens is 440 g/mol. The first-order chi connectivity index (χ1) is 14.8. The van der Waals surface area contributed by atoms with Crippen LogP contribution in [0.3, 0.4) is 0 Å². The molecule has 0 rings (SSSR count). The van der Waals surface area contributed by atoms with Gasteiger partial charge in [-0.1, -0.05) is 34.1 Å². The van der Waals surface area contributed by atoms with Crippen LogP contribution >= 0.6 is 12.6 Å². The molecule has 5 atom stereocenters. The topological polar surface area (TPSA) is 188 Å². The maximum atomic E-state index is 12.9. The second-order valence-electron chi connectivity index (χ2n) is 8.18. The maximum absolute atomic E-state index is 12.9. The highest BCUT2D eigenvalue weighted by Crippen LogP contribution is 2.09. The molecule has 0 fully saturated rings. The third-order valence-corrected chi connectivity index (χ3v) is 5.34. The minimum atomic E-state index is -1.27. The Bertz CT molecular complexity index is 674. The van der Waals surface area contributed by atoms with Gasteiger partial charge in [0.25, 0.3) is 0 Å². The highest BCUT2D eigenvalue weighted by atomic mass is 32.1. The summed E-state index contributed by atoms with van der Waals surface area (Å²) in [6.07, 6.45) is 0.235. The van der Waals surface area contributed by atoms with Crippen LogP contribution in [-0.2, 0) is 24.0 Å². The smallest absolute Gasteiger partial charge is 0.327 e. The zero-order valence-corrected chi connectivity index (χ0v) is 19.9. The molecule has 3 amide bonds. The van der Waals surface area contributed by atoms with Gasteiger partial charge in [0, 0.05) is 12.2 Å². The lowest BCUT2D eigenvalue weighted by molar-refractivity contribution is -0.141. The molecule has 0 aliphatic rings. The van der Waals surface area contributed by atoms with Gasteiger partial charge in [-0.3, -0.25) is 19.2 Å². The highest BCUT2D eigenvalue weighted by Gasteiger charge is 2.31. The Morgan fingerprint density at radius 1 is 0.875 bits per heavy atom. The van der Waals surface area contributed by atoms with Gasteiger partial charge in [-0.15, -0.1) is 0 Å². The average molecular weight is 477 g/mol. The number of hydrogen-bond donors (Lipinski definition) is 7. The Morgan fingerprint density at radius 2 is 1.38 bits per heavy atom. The number of carboxylic acid groups (broad SMARTS) is 2. The van der Waals surface area contributed by atoms with E-state index in [4.69, 9.17) is 15.9 Å². The van der Waals surface area contributed by atoms with E-state index in [1.54, 1.807) is 6.92 Å². The minimum absolute atomic E-state index is 0.0313. The van der Waals surface area contributed by atoms with Crippen molar-refractivity contribution in [1.29, 1.82) is 0 Å². The quantitative estimate of drug-likeness (QED) is 0.157. The first kappa shape index (κ1) is 29.7. The lowest BCUT2D eigenvalue weighted by Crippen LogP contribution is -2.58. The number of aliphatic carboxylic acids is 2. The van der Waals surface area contributed by atoms with Crippen LogP contribution in [0.25, 0.3) is 0 Å². The van der Waals surface area contributed by atoms with Gasteiger partial charge < -0.3 is 31.9 Å². The van der Waals surface area contributed by atoms with E-state index in [1.807, 2.05) is 20.8 Å². The Balaban J connectivity index is 5.52. The SMILES string of the molecule is CCC(C)C(N)C(=O)NC(CCC(=O)O)C(=O)NC(CC(C)C)C(=O)NC(CS)C(=O)O. The summed E-state index contributed by atoms with van der Waals surface area (Å²) in [5, 5.41) is 25.4. The van der Waals surface area contributed by atoms with Gasteiger partial charge >= 0.3 is 11.9 Å². The second kappa shape index (κ2) is 14.7. The maximum Gasteiger partial charge on any atom is 0.327 e. The fourth-order valence-corrected chi connectivity index (χ4v) is 3.00. The van der Waals surface area contributed by atoms with Crippen molar-refractivity contribution in [3.8, 4) is 0 Å². The van der Waals surface area contributed by atoms with E-state index in [-0.39, 0.29) is 30.4 Å². The van der Waals surface area contributed by atoms with E-state index in [2.05, 4.69) is 28.6 Å². The van der Waals surface area contributed by atoms with Crippen LogP contribution in [0.2, 0.25) is 0 Å². The molecule has 0 saturated heterocycles. The zero-order valence-electron chi connectivity index (χ0n) is 19.0. The summed E-state index contributed by atoms with van der Waals surface area (Å²) >= 11 is 3.90. The average Bonchev–Trinajstić information content (AvgIpc) is 2.71. The van der Waals surface area contributed by atoms with Crippen molar-refractivity contribution >= 4 is 42.3 Å². The molecule has 0 spiro atoms. The Kier molecular flexibility index (Phi) is 13.6. The molecule has 0 radical (unpaired) electrons. The number of carbonyl (C=O) groups excluding carboxylic acids is 3. The molecule has 0 aromatic heterocycles. The molecule has 0 bridgehead atoms. The highest BCUT2D eigenvalue weighted by molar-refractivity contribution is 7.80. The Hall–Kier alpha value is -2.34. The third-order valence-electron chi connectivity index (χ3n) is 4.98. The molecule has 0 heterocycles. The molecule has 5 unspecified atom stereocenters. The monoisotopic (exact) mass is 476 g/mol. The number of nitrogens with two attached hydrogens (primary N) is 1. The summed E-state index contributed by atoms with van der Waals surface area (Å²) in [5.74, 6) is -4.83. The number of rotatable bonds is 15. The summed E-state index contributed by atoms with van der Waals surface area (Å²) in [6, 6.07) is -4.44. The van der Waals surface area contributed by atoms with Gasteiger partial charge in [0.05, 0.1) is 6.04 Å². The van der Waals surface area contributed by atoms with Gasteiger partial charge in [0.1, 0.15) is 18.1 Å². The van der Waals surface area contributed by atoms with Crippen molar-refractivity contribution in [2.45, 2.75) is 77.5 Å². The predicted molar refractivity (Wildman–Crippen MR) is 121 cm³/mol. The normalized spacial score (nSPS) is 15.7. The standard InChI is InChI=1S/C20H36N4O7S/c1-5-11(4)16(21)19(29)22-12(6-7-15(25)26)17(27)23-13(8-10(2)3)18(28)24-14(9-32)20(30)31/h10-14,16,32H,5-9,21H2,1-4H3,(H,22,29)(H,23,27)(H,24,28)(H,25,26)(H,30,31). The molecule has 0 aliphatic carbocycles. The molecule has 11 nitrogen and oxygen atoms in total. The van der Waals surface area contributed by atoms with Gasteiger partial charge in [-0.2, -0.15) is 12.6 Å². The van der Waals surface area contributed by atoms with Crippen LogP contribution in [0, 0.1) is 11.8 Å². The van der Waals surface area contributed by atoms with Crippen molar-refractivity contribution in [3.63, 3.8) is 0 Å². The first-order valence-electron chi connectivity index (χ1n) is 10.6. The number of carboxylic acids is 2. The number of amides is 3. The molecule has 0 aromatic carbocycles. The zero-order chi connectivity index (χ0) is 25.0. The van der Waals surface area contributed by atoms with Crippen molar-refractivity contribution in [1.82, 2.24) is 16.0 Å². The summed E-state index contributed by atoms with van der Waals surface area (Å²) < 4.78 is 0. The number of nitrogens with one attached hydrogen (secondary N) is 3. The molecule has 12 heteroatoms. The van der Waals surface area contributed by atoms with Crippen LogP contribution in [0.5, 0.6) is 0 Å². The van der Waals surface area contributed by atoms with E-state index in [0.29, 0.717) is 6.42 Å². The largest absolute Gasteiger partial charge is 0.481 e. The fourth-order valence-electron chi connectivity index (χ4n) is 2.75. The molecule has 0 aromatic rings. The third kappa shape index (κ3) is 10.8. The van der Waals surface area contributed by atoms with E-state index in [1.165, 1.54) is 0 Å². The van der Waals surface area contributed by atoms with Gasteiger partial charge in [0.2, 0.25) is 17.7 Å². The van der Waals surface area contributed by atoms with Crippen molar-refractivity contribution in [2.24, 2.45) is 17.6 Å². The van der Waals surface area contributed by atoms with Gasteiger partial charge in [-0.25, -0.2) is 4.79 Å². The summed E-state index contributed by atoms with van der Waals surface area (Å²) in [4.78, 5) is 60.1. The molecule has 0 aliphatic heterocycles. The van der Waals surface area contributed by atoms with Gasteiger partial charge in [-0.05, 0) is 24.7 Å². The van der Waals surface area contributed by atoms with Crippen molar-refractivity contribution in [2.75, 3.05) is 5.75 Å². The number of hydrogen-bond acceptors (Lipinski definition) is 7. The van der Waals surface area contributed by atoms with E-state index >= 15 is 0 Å². The summed E-state index contributed by atoms with van der Waals surface area (Å²) in [5.41, 5.74) is 5.90. The van der Waals surface area contributed by atoms with Crippen LogP contribution in [0.4, 0.5) is 0 Å². The molecule has 7 N–H and O–H groups in total. The first-order valence-corrected chi connectivity index (χ1v) is 11.2. The molecule has 32 heavy (non-hydrogen) atoms. The Morgan fingerprint density at radius 3 is 1.81 bits per heavy atom. The van der Waals surface area contributed by atoms with Crippen molar-refractivity contribution < 1.29 is 34.2 Å². The van der Waals surface area contributed by atoms with Crippen molar-refractivity contribution in [3.05, 3.63) is 0 Å². The minimum Gasteiger partial charge on any atom is -0.481 e. The van der Waals surface area contributed by atoms with E-state index in [9.17, 15) is 24.0 Å².